The van der Waals surface area contributed by atoms with E-state index in [9.17, 15) is 9.18 Å². The molecule has 0 amide bonds. The van der Waals surface area contributed by atoms with E-state index >= 15 is 0 Å². The van der Waals surface area contributed by atoms with E-state index in [-0.39, 0.29) is 17.1 Å². The van der Waals surface area contributed by atoms with E-state index in [1.165, 1.54) is 4.57 Å². The summed E-state index contributed by atoms with van der Waals surface area (Å²) in [7, 11) is 0. The Bertz CT molecular complexity index is 607. The minimum atomic E-state index is -0.744. The number of nitrogens with one attached hydrogen (secondary N) is 1. The summed E-state index contributed by atoms with van der Waals surface area (Å²) in [4.78, 5) is 21.2. The van der Waals surface area contributed by atoms with Crippen LogP contribution in [-0.4, -0.2) is 19.5 Å². The summed E-state index contributed by atoms with van der Waals surface area (Å²) in [6, 6.07) is 0. The van der Waals surface area contributed by atoms with Gasteiger partial charge >= 0.3 is 0 Å². The molecule has 2 rings (SSSR count). The van der Waals surface area contributed by atoms with Crippen LogP contribution in [0.5, 0.6) is 0 Å². The maximum absolute atomic E-state index is 13.6. The first-order valence-electron chi connectivity index (χ1n) is 4.75. The number of nitrogens with zero attached hydrogens (tertiary/aromatic N) is 3. The van der Waals surface area contributed by atoms with Crippen molar-refractivity contribution in [3.8, 4) is 0 Å². The molecule has 3 N–H and O–H groups in total. The number of rotatable bonds is 0. The number of halogens is 1. The zero-order chi connectivity index (χ0) is 12.1. The summed E-state index contributed by atoms with van der Waals surface area (Å²) in [6.45, 7) is 5.36. The molecule has 7 heteroatoms. The summed E-state index contributed by atoms with van der Waals surface area (Å²) < 4.78 is 14.9. The quantitative estimate of drug-likeness (QED) is 0.642. The molecule has 2 aromatic heterocycles. The van der Waals surface area contributed by atoms with E-state index in [0.29, 0.717) is 0 Å². The van der Waals surface area contributed by atoms with Crippen LogP contribution in [-0.2, 0) is 5.54 Å². The van der Waals surface area contributed by atoms with Gasteiger partial charge in [0.1, 0.15) is 0 Å². The molecule has 0 aliphatic rings. The van der Waals surface area contributed by atoms with E-state index < -0.39 is 17.2 Å². The molecule has 86 valence electrons. The van der Waals surface area contributed by atoms with Crippen molar-refractivity contribution in [1.29, 1.82) is 0 Å². The molecule has 16 heavy (non-hydrogen) atoms. The van der Waals surface area contributed by atoms with E-state index in [1.54, 1.807) is 20.8 Å². The summed E-state index contributed by atoms with van der Waals surface area (Å²) >= 11 is 0. The van der Waals surface area contributed by atoms with Crippen LogP contribution in [0.4, 0.5) is 10.3 Å². The average molecular weight is 225 g/mol. The van der Waals surface area contributed by atoms with Gasteiger partial charge in [0, 0.05) is 5.54 Å². The third-order valence-electron chi connectivity index (χ3n) is 2.17. The van der Waals surface area contributed by atoms with Gasteiger partial charge in [-0.25, -0.2) is 0 Å². The number of imidazole rings is 1. The molecule has 0 saturated carbocycles. The minimum absolute atomic E-state index is 0.0402. The summed E-state index contributed by atoms with van der Waals surface area (Å²) in [6.07, 6.45) is -0.744. The molecule has 0 radical (unpaired) electrons. The highest BCUT2D eigenvalue weighted by Crippen LogP contribution is 2.21. The Morgan fingerprint density at radius 3 is 2.56 bits per heavy atom. The van der Waals surface area contributed by atoms with E-state index in [2.05, 4.69) is 15.0 Å². The number of H-pyrrole nitrogens is 1. The number of fused-ring (bicyclic) bond motifs is 1. The molecule has 0 unspecified atom stereocenters. The van der Waals surface area contributed by atoms with Crippen LogP contribution in [0, 0.1) is 6.08 Å². The van der Waals surface area contributed by atoms with Crippen LogP contribution in [0.25, 0.3) is 11.2 Å². The Hall–Kier alpha value is -1.92. The maximum Gasteiger partial charge on any atom is 0.292 e. The number of nitrogens with two attached hydrogens (primary N) is 1. The van der Waals surface area contributed by atoms with Crippen molar-refractivity contribution < 1.29 is 4.39 Å². The van der Waals surface area contributed by atoms with E-state index in [0.717, 1.165) is 0 Å². The van der Waals surface area contributed by atoms with Crippen molar-refractivity contribution in [2.75, 3.05) is 5.73 Å². The first-order chi connectivity index (χ1) is 7.30. The van der Waals surface area contributed by atoms with Crippen LogP contribution in [0.2, 0.25) is 0 Å². The van der Waals surface area contributed by atoms with Gasteiger partial charge in [-0.15, -0.1) is 0 Å². The highest BCUT2D eigenvalue weighted by molar-refractivity contribution is 5.71. The molecule has 0 aliphatic carbocycles. The second-order valence-corrected chi connectivity index (χ2v) is 4.51. The van der Waals surface area contributed by atoms with Crippen molar-refractivity contribution >= 4 is 17.1 Å². The standard InChI is InChI=1S/C9H12FN5O/c1-9(2,3)15-5-4(12-7(15)10)6(16)14-8(11)13-5/h1-3H3,(H3,11,13,14,16). The molecule has 0 bridgehead atoms. The molecular weight excluding hydrogens is 213 g/mol. The largest absolute Gasteiger partial charge is 0.369 e. The van der Waals surface area contributed by atoms with Crippen LogP contribution in [0.15, 0.2) is 4.79 Å². The second-order valence-electron chi connectivity index (χ2n) is 4.51. The molecule has 0 aliphatic heterocycles. The number of aromatic nitrogens is 4. The normalized spacial score (nSPS) is 12.2. The Balaban J connectivity index is 2.95. The van der Waals surface area contributed by atoms with Crippen molar-refractivity contribution in [3.63, 3.8) is 0 Å². The van der Waals surface area contributed by atoms with Crippen molar-refractivity contribution in [2.24, 2.45) is 0 Å². The fourth-order valence-corrected chi connectivity index (χ4v) is 1.55. The third-order valence-corrected chi connectivity index (χ3v) is 2.17. The second kappa shape index (κ2) is 3.03. The number of anilines is 1. The molecule has 0 fully saturated rings. The minimum Gasteiger partial charge on any atom is -0.369 e. The molecule has 0 spiro atoms. The lowest BCUT2D eigenvalue weighted by Gasteiger charge is -2.21. The Morgan fingerprint density at radius 2 is 2.00 bits per heavy atom. The van der Waals surface area contributed by atoms with Crippen molar-refractivity contribution in [1.82, 2.24) is 19.5 Å². The molecule has 0 atom stereocenters. The van der Waals surface area contributed by atoms with Crippen molar-refractivity contribution in [3.05, 3.63) is 16.4 Å². The molecule has 0 saturated heterocycles. The summed E-state index contributed by atoms with van der Waals surface area (Å²) in [5.74, 6) is -0.0529. The topological polar surface area (TPSA) is 89.6 Å². The van der Waals surface area contributed by atoms with Gasteiger partial charge in [-0.2, -0.15) is 14.4 Å². The van der Waals surface area contributed by atoms with Gasteiger partial charge in [0.25, 0.3) is 11.6 Å². The lowest BCUT2D eigenvalue weighted by Crippen LogP contribution is -2.24. The maximum atomic E-state index is 13.6. The van der Waals surface area contributed by atoms with Crippen LogP contribution >= 0.6 is 0 Å². The first-order valence-corrected chi connectivity index (χ1v) is 4.75. The van der Waals surface area contributed by atoms with Crippen LogP contribution in [0.3, 0.4) is 0 Å². The van der Waals surface area contributed by atoms with Gasteiger partial charge in [0.05, 0.1) is 0 Å². The number of aromatic amines is 1. The zero-order valence-corrected chi connectivity index (χ0v) is 9.21. The predicted octanol–water partition coefficient (Wildman–Crippen LogP) is 0.596. The monoisotopic (exact) mass is 225 g/mol. The molecule has 6 nitrogen and oxygen atoms in total. The fourth-order valence-electron chi connectivity index (χ4n) is 1.55. The Kier molecular flexibility index (Phi) is 2.01. The third kappa shape index (κ3) is 1.44. The van der Waals surface area contributed by atoms with Gasteiger partial charge in [0.2, 0.25) is 5.95 Å². The Morgan fingerprint density at radius 1 is 1.38 bits per heavy atom. The molecule has 0 aromatic carbocycles. The molecular formula is C9H12FN5O. The van der Waals surface area contributed by atoms with Gasteiger partial charge in [-0.1, -0.05) is 0 Å². The van der Waals surface area contributed by atoms with Gasteiger partial charge in [-0.3, -0.25) is 14.3 Å². The molecule has 2 aromatic rings. The number of hydrogen-bond donors (Lipinski definition) is 2. The number of hydrogen-bond acceptors (Lipinski definition) is 4. The highest BCUT2D eigenvalue weighted by atomic mass is 19.1. The first kappa shape index (κ1) is 10.6. The summed E-state index contributed by atoms with van der Waals surface area (Å²) in [5, 5.41) is 0. The predicted molar refractivity (Wildman–Crippen MR) is 57.5 cm³/mol. The van der Waals surface area contributed by atoms with Gasteiger partial charge < -0.3 is 5.73 Å². The highest BCUT2D eigenvalue weighted by Gasteiger charge is 2.24. The van der Waals surface area contributed by atoms with Gasteiger partial charge in [0.15, 0.2) is 11.2 Å². The van der Waals surface area contributed by atoms with Gasteiger partial charge in [-0.05, 0) is 20.8 Å². The molecule has 2 heterocycles. The van der Waals surface area contributed by atoms with Crippen LogP contribution in [0.1, 0.15) is 20.8 Å². The zero-order valence-electron chi connectivity index (χ0n) is 9.21. The Labute approximate surface area is 90.3 Å². The van der Waals surface area contributed by atoms with Crippen LogP contribution < -0.4 is 11.3 Å². The smallest absolute Gasteiger partial charge is 0.292 e. The SMILES string of the molecule is CC(C)(C)n1c(F)nc2c(=O)[nH]c(N)nc21. The average Bonchev–Trinajstić information content (AvgIpc) is 2.40. The lowest BCUT2D eigenvalue weighted by molar-refractivity contribution is 0.335. The van der Waals surface area contributed by atoms with Crippen molar-refractivity contribution in [2.45, 2.75) is 26.3 Å². The van der Waals surface area contributed by atoms with E-state index in [4.69, 9.17) is 5.73 Å². The summed E-state index contributed by atoms with van der Waals surface area (Å²) in [5.41, 5.74) is 4.43. The van der Waals surface area contributed by atoms with E-state index in [1.807, 2.05) is 0 Å². The lowest BCUT2D eigenvalue weighted by atomic mass is 10.1. The fraction of sp³-hybridized carbons (Fsp3) is 0.444. The number of nitrogen functional groups attached to an aromatic ring is 1.